The number of carbonyl (C=O) groups excluding carboxylic acids is 1. The van der Waals surface area contributed by atoms with Crippen molar-refractivity contribution in [2.24, 2.45) is 0 Å². The highest BCUT2D eigenvalue weighted by atomic mass is 35.5. The summed E-state index contributed by atoms with van der Waals surface area (Å²) in [6.45, 7) is 14.1. The fraction of sp³-hybridized carbons (Fsp3) is 0.583. The number of nitrogens with one attached hydrogen (secondary N) is 2. The predicted molar refractivity (Wildman–Crippen MR) is 129 cm³/mol. The Bertz CT molecular complexity index is 794. The highest BCUT2D eigenvalue weighted by Crippen LogP contribution is 2.35. The molecule has 1 aromatic rings. The third-order valence-electron chi connectivity index (χ3n) is 6.21. The van der Waals surface area contributed by atoms with E-state index >= 15 is 0 Å². The van der Waals surface area contributed by atoms with Gasteiger partial charge in [0.05, 0.1) is 23.4 Å². The van der Waals surface area contributed by atoms with Crippen LogP contribution in [-0.4, -0.2) is 63.9 Å². The summed E-state index contributed by atoms with van der Waals surface area (Å²) in [6.07, 6.45) is 7.46. The molecule has 1 aliphatic carbocycles. The number of carbonyl (C=O) groups is 1. The molecule has 32 heavy (non-hydrogen) atoms. The molecule has 3 N–H and O–H groups in total. The fourth-order valence-electron chi connectivity index (χ4n) is 4.00. The summed E-state index contributed by atoms with van der Waals surface area (Å²) < 4.78 is 14.0. The largest absolute Gasteiger partial charge is 0.387 e. The van der Waals surface area contributed by atoms with Crippen molar-refractivity contribution < 1.29 is 14.3 Å². The average molecular weight is 467 g/mol. The van der Waals surface area contributed by atoms with E-state index in [1.807, 2.05) is 12.2 Å². The van der Waals surface area contributed by atoms with Crippen molar-refractivity contribution in [1.82, 2.24) is 15.2 Å². The van der Waals surface area contributed by atoms with Crippen LogP contribution in [0.25, 0.3) is 0 Å². The molecule has 1 aromatic heterocycles. The Labute approximate surface area is 195 Å². The van der Waals surface area contributed by atoms with Crippen LogP contribution in [0.1, 0.15) is 56.8 Å². The van der Waals surface area contributed by atoms with E-state index in [2.05, 4.69) is 40.6 Å². The third-order valence-corrected chi connectivity index (χ3v) is 6.42. The number of hydrogen-bond donors (Lipinski definition) is 3. The van der Waals surface area contributed by atoms with Crippen LogP contribution in [0.2, 0.25) is 5.15 Å². The van der Waals surface area contributed by atoms with Crippen molar-refractivity contribution in [3.8, 4) is 0 Å². The Hall–Kier alpha value is -1.96. The van der Waals surface area contributed by atoms with Crippen molar-refractivity contribution in [2.75, 3.05) is 25.0 Å². The summed E-state index contributed by atoms with van der Waals surface area (Å²) in [5.41, 5.74) is -0.606. The molecule has 1 saturated carbocycles. The second kappa shape index (κ2) is 11.3. The Kier molecular flexibility index (Phi) is 9.25. The molecule has 0 aromatic carbocycles. The number of aromatic nitrogens is 1. The molecule has 8 heteroatoms. The van der Waals surface area contributed by atoms with E-state index in [0.717, 1.165) is 38.8 Å². The molecular weight excluding hydrogens is 431 g/mol. The molecule has 6 nitrogen and oxygen atoms in total. The van der Waals surface area contributed by atoms with E-state index in [4.69, 9.17) is 11.6 Å². The number of alkyl halides is 1. The van der Waals surface area contributed by atoms with E-state index in [0.29, 0.717) is 11.3 Å². The molecule has 0 aliphatic heterocycles. The molecule has 0 bridgehead atoms. The number of nitrogens with zero attached hydrogens (tertiary/aromatic N) is 2. The monoisotopic (exact) mass is 466 g/mol. The molecule has 1 heterocycles. The quantitative estimate of drug-likeness (QED) is 0.333. The van der Waals surface area contributed by atoms with Crippen molar-refractivity contribution >= 4 is 23.2 Å². The maximum atomic E-state index is 14.0. The van der Waals surface area contributed by atoms with Gasteiger partial charge in [-0.3, -0.25) is 9.69 Å². The molecule has 2 rings (SSSR count). The maximum Gasteiger partial charge on any atom is 0.255 e. The highest BCUT2D eigenvalue weighted by Gasteiger charge is 2.35. The first-order valence-electron chi connectivity index (χ1n) is 11.0. The van der Waals surface area contributed by atoms with Gasteiger partial charge in [-0.1, -0.05) is 23.8 Å². The third kappa shape index (κ3) is 7.02. The number of aliphatic hydroxyl groups is 1. The zero-order valence-corrected chi connectivity index (χ0v) is 20.1. The molecule has 1 unspecified atom stereocenters. The lowest BCUT2D eigenvalue weighted by molar-refractivity contribution is -0.00177. The Morgan fingerprint density at radius 2 is 2.00 bits per heavy atom. The first-order chi connectivity index (χ1) is 15.0. The smallest absolute Gasteiger partial charge is 0.255 e. The van der Waals surface area contributed by atoms with Gasteiger partial charge in [0.15, 0.2) is 0 Å². The van der Waals surface area contributed by atoms with Crippen LogP contribution in [0.5, 0.6) is 0 Å². The highest BCUT2D eigenvalue weighted by molar-refractivity contribution is 6.29. The van der Waals surface area contributed by atoms with Gasteiger partial charge in [-0.2, -0.15) is 0 Å². The van der Waals surface area contributed by atoms with Crippen LogP contribution in [0.15, 0.2) is 37.6 Å². The SMILES string of the molecule is C=CCN(CC=C)C1(C)CCC(Nc2cc(Cl)ncc2C(=O)NCC(F)C(C)(C)O)CC1. The van der Waals surface area contributed by atoms with Gasteiger partial charge in [-0.25, -0.2) is 9.37 Å². The van der Waals surface area contributed by atoms with Crippen molar-refractivity contribution in [1.29, 1.82) is 0 Å². The zero-order chi connectivity index (χ0) is 23.9. The standard InChI is InChI=1S/C24H36ClFN4O2/c1-6-12-30(13-7-2)24(5)10-8-17(9-11-24)29-19-14-21(25)27-15-18(19)22(31)28-16-20(26)23(3,4)32/h6-7,14-15,17,20,32H,1-2,8-13,16H2,3-5H3,(H,27,29)(H,28,31). The number of halogens is 2. The van der Waals surface area contributed by atoms with Crippen molar-refractivity contribution in [2.45, 2.75) is 69.8 Å². The molecule has 0 radical (unpaired) electrons. The minimum absolute atomic E-state index is 0.0594. The molecule has 0 saturated heterocycles. The second-order valence-corrected chi connectivity index (χ2v) is 9.67. The van der Waals surface area contributed by atoms with E-state index in [1.54, 1.807) is 6.07 Å². The minimum Gasteiger partial charge on any atom is -0.387 e. The van der Waals surface area contributed by atoms with Crippen molar-refractivity contribution in [3.63, 3.8) is 0 Å². The number of pyridine rings is 1. The van der Waals surface area contributed by atoms with E-state index < -0.39 is 17.7 Å². The van der Waals surface area contributed by atoms with Gasteiger partial charge in [0.2, 0.25) is 0 Å². The lowest BCUT2D eigenvalue weighted by atomic mass is 9.79. The maximum absolute atomic E-state index is 14.0. The van der Waals surface area contributed by atoms with Crippen LogP contribution in [0.4, 0.5) is 10.1 Å². The second-order valence-electron chi connectivity index (χ2n) is 9.28. The van der Waals surface area contributed by atoms with Gasteiger partial charge in [0, 0.05) is 30.9 Å². The average Bonchev–Trinajstić information content (AvgIpc) is 2.73. The summed E-state index contributed by atoms with van der Waals surface area (Å²) in [7, 11) is 0. The zero-order valence-electron chi connectivity index (χ0n) is 19.3. The van der Waals surface area contributed by atoms with Crippen LogP contribution in [-0.2, 0) is 0 Å². The normalized spacial score (nSPS) is 22.3. The number of rotatable bonds is 11. The summed E-state index contributed by atoms with van der Waals surface area (Å²) in [4.78, 5) is 19.1. The molecular formula is C24H36ClFN4O2. The summed E-state index contributed by atoms with van der Waals surface area (Å²) in [6, 6.07) is 1.79. The Morgan fingerprint density at radius 3 is 2.53 bits per heavy atom. The summed E-state index contributed by atoms with van der Waals surface area (Å²) >= 11 is 6.08. The lowest BCUT2D eigenvalue weighted by Gasteiger charge is -2.45. The Morgan fingerprint density at radius 1 is 1.41 bits per heavy atom. The van der Waals surface area contributed by atoms with E-state index in [1.165, 1.54) is 20.0 Å². The lowest BCUT2D eigenvalue weighted by Crippen LogP contribution is -2.50. The number of hydrogen-bond acceptors (Lipinski definition) is 5. The topological polar surface area (TPSA) is 77.5 Å². The molecule has 178 valence electrons. The molecule has 1 amide bonds. The van der Waals surface area contributed by atoms with Crippen LogP contribution < -0.4 is 10.6 Å². The van der Waals surface area contributed by atoms with Crippen LogP contribution in [0.3, 0.4) is 0 Å². The predicted octanol–water partition coefficient (Wildman–Crippen LogP) is 4.36. The van der Waals surface area contributed by atoms with Crippen LogP contribution >= 0.6 is 11.6 Å². The minimum atomic E-state index is -1.59. The fourth-order valence-corrected chi connectivity index (χ4v) is 4.16. The van der Waals surface area contributed by atoms with E-state index in [-0.39, 0.29) is 23.3 Å². The van der Waals surface area contributed by atoms with E-state index in [9.17, 15) is 14.3 Å². The van der Waals surface area contributed by atoms with Crippen LogP contribution in [0, 0.1) is 0 Å². The van der Waals surface area contributed by atoms with Gasteiger partial charge in [0.1, 0.15) is 11.3 Å². The summed E-state index contributed by atoms with van der Waals surface area (Å²) in [5.74, 6) is -0.465. The first kappa shape index (κ1) is 26.3. The number of amides is 1. The number of anilines is 1. The Balaban J connectivity index is 2.06. The van der Waals surface area contributed by atoms with Crippen molar-refractivity contribution in [3.05, 3.63) is 48.3 Å². The molecule has 1 fully saturated rings. The first-order valence-corrected chi connectivity index (χ1v) is 11.4. The summed E-state index contributed by atoms with van der Waals surface area (Å²) in [5, 5.41) is 16.0. The van der Waals surface area contributed by atoms with Gasteiger partial charge < -0.3 is 15.7 Å². The van der Waals surface area contributed by atoms with Gasteiger partial charge in [0.25, 0.3) is 5.91 Å². The van der Waals surface area contributed by atoms with Gasteiger partial charge in [-0.05, 0) is 52.5 Å². The molecule has 0 spiro atoms. The van der Waals surface area contributed by atoms with Gasteiger partial charge >= 0.3 is 0 Å². The van der Waals surface area contributed by atoms with Gasteiger partial charge in [-0.15, -0.1) is 13.2 Å². The molecule has 1 atom stereocenters. The molecule has 1 aliphatic rings.